The molecule has 1 aromatic rings. The summed E-state index contributed by atoms with van der Waals surface area (Å²) >= 11 is 0. The third kappa shape index (κ3) is 4.39. The zero-order valence-electron chi connectivity index (χ0n) is 14.1. The van der Waals surface area contributed by atoms with Crippen molar-refractivity contribution in [3.8, 4) is 11.5 Å². The third-order valence-corrected chi connectivity index (χ3v) is 3.86. The maximum Gasteiger partial charge on any atom is 0.253 e. The van der Waals surface area contributed by atoms with Crippen molar-refractivity contribution in [2.45, 2.75) is 40.5 Å². The van der Waals surface area contributed by atoms with E-state index in [2.05, 4.69) is 27.7 Å². The molecule has 122 valence electrons. The molecule has 0 N–H and O–H groups in total. The van der Waals surface area contributed by atoms with Crippen LogP contribution in [0.3, 0.4) is 0 Å². The van der Waals surface area contributed by atoms with Gasteiger partial charge in [0, 0.05) is 18.7 Å². The molecule has 0 aliphatic carbocycles. The zero-order chi connectivity index (χ0) is 16.1. The van der Waals surface area contributed by atoms with Crippen molar-refractivity contribution in [3.63, 3.8) is 0 Å². The van der Waals surface area contributed by atoms with E-state index < -0.39 is 0 Å². The minimum Gasteiger partial charge on any atom is -0.454 e. The standard InChI is InChI=1S/C18H27NO3/c1-13(2)7-9-19(10-8-14(3)4)18(20)15-5-6-16-17(11-15)22-12-21-16/h5-6,11,13-14H,7-10,12H2,1-4H3. The molecule has 0 bridgehead atoms. The van der Waals surface area contributed by atoms with E-state index in [0.717, 1.165) is 25.9 Å². The molecule has 0 spiro atoms. The molecule has 1 heterocycles. The van der Waals surface area contributed by atoms with Crippen LogP contribution in [0.1, 0.15) is 50.9 Å². The van der Waals surface area contributed by atoms with Crippen LogP contribution in [0.25, 0.3) is 0 Å². The van der Waals surface area contributed by atoms with Gasteiger partial charge in [-0.15, -0.1) is 0 Å². The average Bonchev–Trinajstić information content (AvgIpc) is 2.93. The highest BCUT2D eigenvalue weighted by Crippen LogP contribution is 2.32. The van der Waals surface area contributed by atoms with Crippen molar-refractivity contribution in [1.82, 2.24) is 4.90 Å². The first-order valence-electron chi connectivity index (χ1n) is 8.16. The van der Waals surface area contributed by atoms with Gasteiger partial charge >= 0.3 is 0 Å². The lowest BCUT2D eigenvalue weighted by Crippen LogP contribution is -2.34. The summed E-state index contributed by atoms with van der Waals surface area (Å²) < 4.78 is 10.7. The van der Waals surface area contributed by atoms with Gasteiger partial charge < -0.3 is 14.4 Å². The first-order chi connectivity index (χ1) is 10.5. The molecule has 22 heavy (non-hydrogen) atoms. The Balaban J connectivity index is 2.09. The van der Waals surface area contributed by atoms with E-state index >= 15 is 0 Å². The maximum atomic E-state index is 12.8. The van der Waals surface area contributed by atoms with Gasteiger partial charge in [0.05, 0.1) is 0 Å². The minimum absolute atomic E-state index is 0.0830. The number of hydrogen-bond donors (Lipinski definition) is 0. The molecule has 0 atom stereocenters. The number of amides is 1. The molecule has 0 unspecified atom stereocenters. The molecule has 0 saturated heterocycles. The van der Waals surface area contributed by atoms with Gasteiger partial charge in [-0.25, -0.2) is 0 Å². The van der Waals surface area contributed by atoms with Crippen LogP contribution in [0, 0.1) is 11.8 Å². The molecule has 1 aliphatic rings. The quantitative estimate of drug-likeness (QED) is 0.765. The van der Waals surface area contributed by atoms with Crippen molar-refractivity contribution in [3.05, 3.63) is 23.8 Å². The van der Waals surface area contributed by atoms with Crippen LogP contribution in [0.2, 0.25) is 0 Å². The lowest BCUT2D eigenvalue weighted by molar-refractivity contribution is 0.0740. The van der Waals surface area contributed by atoms with Crippen LogP contribution in [0.5, 0.6) is 11.5 Å². The van der Waals surface area contributed by atoms with Crippen molar-refractivity contribution in [2.75, 3.05) is 19.9 Å². The fraction of sp³-hybridized carbons (Fsp3) is 0.611. The molecule has 0 radical (unpaired) electrons. The zero-order valence-corrected chi connectivity index (χ0v) is 14.1. The summed E-state index contributed by atoms with van der Waals surface area (Å²) in [5.74, 6) is 2.64. The molecule has 0 saturated carbocycles. The molecule has 1 aromatic carbocycles. The van der Waals surface area contributed by atoms with Crippen LogP contribution >= 0.6 is 0 Å². The summed E-state index contributed by atoms with van der Waals surface area (Å²) in [6.07, 6.45) is 2.04. The number of ether oxygens (including phenoxy) is 2. The van der Waals surface area contributed by atoms with Crippen molar-refractivity contribution in [1.29, 1.82) is 0 Å². The van der Waals surface area contributed by atoms with Gasteiger partial charge in [0.1, 0.15) is 0 Å². The van der Waals surface area contributed by atoms with E-state index in [-0.39, 0.29) is 12.7 Å². The van der Waals surface area contributed by atoms with E-state index in [1.165, 1.54) is 0 Å². The van der Waals surface area contributed by atoms with Gasteiger partial charge in [0.15, 0.2) is 11.5 Å². The first kappa shape index (κ1) is 16.7. The van der Waals surface area contributed by atoms with Crippen molar-refractivity contribution >= 4 is 5.91 Å². The maximum absolute atomic E-state index is 12.8. The summed E-state index contributed by atoms with van der Waals surface area (Å²) in [6.45, 7) is 10.6. The Kier molecular flexibility index (Phi) is 5.69. The summed E-state index contributed by atoms with van der Waals surface area (Å²) in [4.78, 5) is 14.8. The topological polar surface area (TPSA) is 38.8 Å². The SMILES string of the molecule is CC(C)CCN(CCC(C)C)C(=O)c1ccc2c(c1)OCO2. The van der Waals surface area contributed by atoms with E-state index in [4.69, 9.17) is 9.47 Å². The van der Waals surface area contributed by atoms with Crippen LogP contribution in [0.4, 0.5) is 0 Å². The molecule has 0 fully saturated rings. The van der Waals surface area contributed by atoms with Gasteiger partial charge in [0.2, 0.25) is 6.79 Å². The Morgan fingerprint density at radius 3 is 2.23 bits per heavy atom. The number of rotatable bonds is 7. The Morgan fingerprint density at radius 1 is 1.05 bits per heavy atom. The molecular formula is C18H27NO3. The third-order valence-electron chi connectivity index (χ3n) is 3.86. The first-order valence-corrected chi connectivity index (χ1v) is 8.16. The largest absolute Gasteiger partial charge is 0.454 e. The molecular weight excluding hydrogens is 278 g/mol. The molecule has 1 aliphatic heterocycles. The predicted octanol–water partition coefficient (Wildman–Crippen LogP) is 3.95. The Labute approximate surface area is 133 Å². The van der Waals surface area contributed by atoms with Crippen LogP contribution < -0.4 is 9.47 Å². The van der Waals surface area contributed by atoms with Gasteiger partial charge in [-0.1, -0.05) is 27.7 Å². The second kappa shape index (κ2) is 7.52. The number of carbonyl (C=O) groups is 1. The van der Waals surface area contributed by atoms with Gasteiger partial charge in [-0.05, 0) is 42.9 Å². The predicted molar refractivity (Wildman–Crippen MR) is 87.4 cm³/mol. The highest BCUT2D eigenvalue weighted by molar-refractivity contribution is 5.95. The van der Waals surface area contributed by atoms with Crippen LogP contribution in [0.15, 0.2) is 18.2 Å². The number of hydrogen-bond acceptors (Lipinski definition) is 3. The fourth-order valence-corrected chi connectivity index (χ4v) is 2.36. The summed E-state index contributed by atoms with van der Waals surface area (Å²) in [5, 5.41) is 0. The normalized spacial score (nSPS) is 13.0. The van der Waals surface area contributed by atoms with E-state index in [0.29, 0.717) is 28.9 Å². The Bertz CT molecular complexity index is 499. The van der Waals surface area contributed by atoms with Crippen molar-refractivity contribution in [2.24, 2.45) is 11.8 Å². The smallest absolute Gasteiger partial charge is 0.253 e. The highest BCUT2D eigenvalue weighted by atomic mass is 16.7. The summed E-state index contributed by atoms with van der Waals surface area (Å²) in [7, 11) is 0. The van der Waals surface area contributed by atoms with Crippen LogP contribution in [-0.4, -0.2) is 30.7 Å². The monoisotopic (exact) mass is 305 g/mol. The van der Waals surface area contributed by atoms with Gasteiger partial charge in [-0.2, -0.15) is 0 Å². The summed E-state index contributed by atoms with van der Waals surface area (Å²) in [6, 6.07) is 5.44. The van der Waals surface area contributed by atoms with Crippen LogP contribution in [-0.2, 0) is 0 Å². The lowest BCUT2D eigenvalue weighted by Gasteiger charge is -2.24. The van der Waals surface area contributed by atoms with E-state index in [1.54, 1.807) is 6.07 Å². The number of carbonyl (C=O) groups excluding carboxylic acids is 1. The Morgan fingerprint density at radius 2 is 1.64 bits per heavy atom. The lowest BCUT2D eigenvalue weighted by atomic mass is 10.1. The number of nitrogens with zero attached hydrogens (tertiary/aromatic N) is 1. The Hall–Kier alpha value is -1.71. The van der Waals surface area contributed by atoms with Gasteiger partial charge in [0.25, 0.3) is 5.91 Å². The molecule has 2 rings (SSSR count). The fourth-order valence-electron chi connectivity index (χ4n) is 2.36. The number of fused-ring (bicyclic) bond motifs is 1. The van der Waals surface area contributed by atoms with E-state index in [9.17, 15) is 4.79 Å². The summed E-state index contributed by atoms with van der Waals surface area (Å²) in [5.41, 5.74) is 0.678. The van der Waals surface area contributed by atoms with Gasteiger partial charge in [-0.3, -0.25) is 4.79 Å². The molecule has 1 amide bonds. The number of benzene rings is 1. The van der Waals surface area contributed by atoms with Crippen molar-refractivity contribution < 1.29 is 14.3 Å². The molecule has 4 nitrogen and oxygen atoms in total. The van der Waals surface area contributed by atoms with E-state index in [1.807, 2.05) is 17.0 Å². The second-order valence-corrected chi connectivity index (χ2v) is 6.73. The minimum atomic E-state index is 0.0830. The average molecular weight is 305 g/mol. The second-order valence-electron chi connectivity index (χ2n) is 6.73. The molecule has 4 heteroatoms. The molecule has 0 aromatic heterocycles. The highest BCUT2D eigenvalue weighted by Gasteiger charge is 2.20.